The first-order chi connectivity index (χ1) is 13.7. The molecule has 1 aliphatic rings. The van der Waals surface area contributed by atoms with Crippen LogP contribution >= 0.6 is 0 Å². The molecule has 156 valence electrons. The molecule has 29 heavy (non-hydrogen) atoms. The summed E-state index contributed by atoms with van der Waals surface area (Å²) in [6.07, 6.45) is 0. The number of hydrogen-bond donors (Lipinski definition) is 2. The van der Waals surface area contributed by atoms with E-state index in [0.29, 0.717) is 36.4 Å². The molecule has 1 amide bonds. The largest absolute Gasteiger partial charge is 0.331 e. The number of nitrogens with zero attached hydrogens (tertiary/aromatic N) is 2. The van der Waals surface area contributed by atoms with Crippen LogP contribution < -0.4 is 4.72 Å². The van der Waals surface area contributed by atoms with E-state index in [-0.39, 0.29) is 18.0 Å². The molecule has 2 aromatic carbocycles. The van der Waals surface area contributed by atoms with Gasteiger partial charge in [0.15, 0.2) is 0 Å². The molecule has 1 aliphatic heterocycles. The molecule has 0 radical (unpaired) electrons. The summed E-state index contributed by atoms with van der Waals surface area (Å²) in [5.41, 5.74) is 1.42. The molecule has 1 fully saturated rings. The molecule has 0 saturated carbocycles. The van der Waals surface area contributed by atoms with E-state index < -0.39 is 22.5 Å². The van der Waals surface area contributed by atoms with Crippen LogP contribution in [0.1, 0.15) is 29.8 Å². The highest BCUT2D eigenvalue weighted by Crippen LogP contribution is 2.22. The lowest BCUT2D eigenvalue weighted by molar-refractivity contribution is 0.0268. The number of carbonyl (C=O) groups is 1. The summed E-state index contributed by atoms with van der Waals surface area (Å²) in [6, 6.07) is 9.56. The predicted octanol–water partition coefficient (Wildman–Crippen LogP) is 2.64. The van der Waals surface area contributed by atoms with Crippen molar-refractivity contribution in [2.45, 2.75) is 32.5 Å². The number of carbonyl (C=O) groups excluding carboxylic acids is 1. The Kier molecular flexibility index (Phi) is 6.49. The third-order valence-corrected chi connectivity index (χ3v) is 5.35. The maximum absolute atomic E-state index is 13.4. The van der Waals surface area contributed by atoms with Crippen molar-refractivity contribution < 1.29 is 22.0 Å². The highest BCUT2D eigenvalue weighted by Gasteiger charge is 2.33. The molecule has 2 aromatic rings. The van der Waals surface area contributed by atoms with Crippen LogP contribution in [0, 0.1) is 11.6 Å². The van der Waals surface area contributed by atoms with Gasteiger partial charge < -0.3 is 4.90 Å². The predicted molar refractivity (Wildman–Crippen MR) is 107 cm³/mol. The Hall–Kier alpha value is -2.52. The second-order valence-corrected chi connectivity index (χ2v) is 8.07. The van der Waals surface area contributed by atoms with Crippen molar-refractivity contribution in [3.05, 3.63) is 65.2 Å². The zero-order chi connectivity index (χ0) is 21.1. The molecule has 6 nitrogen and oxygen atoms in total. The van der Waals surface area contributed by atoms with Crippen molar-refractivity contribution in [3.8, 4) is 0 Å². The maximum atomic E-state index is 13.4. The molecule has 2 unspecified atom stereocenters. The minimum absolute atomic E-state index is 0.0985. The van der Waals surface area contributed by atoms with Gasteiger partial charge in [-0.1, -0.05) is 0 Å². The molecule has 0 aromatic heterocycles. The van der Waals surface area contributed by atoms with Crippen LogP contribution in [0.2, 0.25) is 0 Å². The van der Waals surface area contributed by atoms with Gasteiger partial charge in [-0.3, -0.25) is 14.4 Å². The van der Waals surface area contributed by atoms with Crippen LogP contribution in [0.4, 0.5) is 14.5 Å². The third-order valence-electron chi connectivity index (χ3n) is 4.91. The van der Waals surface area contributed by atoms with Crippen molar-refractivity contribution in [1.82, 2.24) is 9.80 Å². The van der Waals surface area contributed by atoms with Gasteiger partial charge in [-0.2, -0.15) is 0 Å². The highest BCUT2D eigenvalue weighted by molar-refractivity contribution is 7.73. The number of amides is 1. The number of rotatable bonds is 5. The fourth-order valence-corrected chi connectivity index (χ4v) is 4.22. The summed E-state index contributed by atoms with van der Waals surface area (Å²) in [6.45, 7) is 5.42. The lowest BCUT2D eigenvalue weighted by atomic mass is 10.0. The van der Waals surface area contributed by atoms with Crippen molar-refractivity contribution in [2.24, 2.45) is 0 Å². The van der Waals surface area contributed by atoms with Crippen molar-refractivity contribution >= 4 is 22.5 Å². The third kappa shape index (κ3) is 5.30. The van der Waals surface area contributed by atoms with Crippen LogP contribution in [-0.2, 0) is 17.4 Å². The highest BCUT2D eigenvalue weighted by atomic mass is 32.2. The maximum Gasteiger partial charge on any atom is 0.254 e. The van der Waals surface area contributed by atoms with Gasteiger partial charge in [0.2, 0.25) is 10.9 Å². The van der Waals surface area contributed by atoms with E-state index >= 15 is 0 Å². The van der Waals surface area contributed by atoms with Gasteiger partial charge in [-0.25, -0.2) is 17.2 Å². The zero-order valence-corrected chi connectivity index (χ0v) is 17.0. The van der Waals surface area contributed by atoms with Crippen LogP contribution in [0.5, 0.6) is 0 Å². The molecule has 9 heteroatoms. The Morgan fingerprint density at radius 3 is 2.10 bits per heavy atom. The normalized spacial score (nSPS) is 20.1. The van der Waals surface area contributed by atoms with E-state index in [1.165, 1.54) is 12.1 Å². The SMILES string of the molecule is CC1CN(Cc2cc(F)cc(F)c2)CC(C)N1C(=O)c1ccc(N[SH](=O)=O)cc1. The summed E-state index contributed by atoms with van der Waals surface area (Å²) in [7, 11) is -2.76. The monoisotopic (exact) mass is 423 g/mol. The van der Waals surface area contributed by atoms with Gasteiger partial charge in [0, 0.05) is 49.0 Å². The topological polar surface area (TPSA) is 69.7 Å². The van der Waals surface area contributed by atoms with Crippen molar-refractivity contribution in [2.75, 3.05) is 17.8 Å². The van der Waals surface area contributed by atoms with E-state index in [0.717, 1.165) is 6.07 Å². The summed E-state index contributed by atoms with van der Waals surface area (Å²) < 4.78 is 50.6. The molecule has 1 heterocycles. The Morgan fingerprint density at radius 1 is 1.03 bits per heavy atom. The number of anilines is 1. The molecule has 0 spiro atoms. The number of hydrogen-bond acceptors (Lipinski definition) is 4. The van der Waals surface area contributed by atoms with Gasteiger partial charge in [0.25, 0.3) is 5.91 Å². The van der Waals surface area contributed by atoms with Gasteiger partial charge in [-0.05, 0) is 55.8 Å². The minimum atomic E-state index is -2.76. The Bertz CT molecular complexity index is 926. The standard InChI is InChI=1S/C20H23F2N3O3S/c1-13-10-24(12-15-7-17(21)9-18(22)8-15)11-14(2)25(13)20(26)16-3-5-19(6-4-16)23-29(27)28/h3-9,13-14,29H,10-12H2,1-2H3,(H,23,27,28). The lowest BCUT2D eigenvalue weighted by Gasteiger charge is -2.44. The average Bonchev–Trinajstić information content (AvgIpc) is 2.60. The van der Waals surface area contributed by atoms with Crippen LogP contribution in [0.3, 0.4) is 0 Å². The Labute approximate surface area is 170 Å². The molecule has 3 rings (SSSR count). The average molecular weight is 423 g/mol. The van der Waals surface area contributed by atoms with Gasteiger partial charge in [0.05, 0.1) is 0 Å². The van der Waals surface area contributed by atoms with Crippen molar-refractivity contribution in [3.63, 3.8) is 0 Å². The van der Waals surface area contributed by atoms with E-state index in [1.807, 2.05) is 13.8 Å². The summed E-state index contributed by atoms with van der Waals surface area (Å²) in [4.78, 5) is 16.8. The zero-order valence-electron chi connectivity index (χ0n) is 16.1. The van der Waals surface area contributed by atoms with Crippen LogP contribution in [0.15, 0.2) is 42.5 Å². The van der Waals surface area contributed by atoms with E-state index in [2.05, 4.69) is 9.62 Å². The molecular formula is C20H23F2N3O3S. The van der Waals surface area contributed by atoms with Gasteiger partial charge >= 0.3 is 0 Å². The van der Waals surface area contributed by atoms with E-state index in [1.54, 1.807) is 29.2 Å². The first-order valence-corrected chi connectivity index (χ1v) is 10.4. The molecule has 0 bridgehead atoms. The second-order valence-electron chi connectivity index (χ2n) is 7.33. The fraction of sp³-hybridized carbons (Fsp3) is 0.350. The number of piperazine rings is 1. The summed E-state index contributed by atoms with van der Waals surface area (Å²) in [5, 5.41) is 0. The minimum Gasteiger partial charge on any atom is -0.331 e. The lowest BCUT2D eigenvalue weighted by Crippen LogP contribution is -2.58. The number of benzene rings is 2. The molecular weight excluding hydrogens is 400 g/mol. The second kappa shape index (κ2) is 8.87. The van der Waals surface area contributed by atoms with Gasteiger partial charge in [0.1, 0.15) is 11.6 Å². The summed E-state index contributed by atoms with van der Waals surface area (Å²) in [5.74, 6) is -1.34. The molecule has 1 N–H and O–H groups in total. The molecule has 2 atom stereocenters. The first-order valence-electron chi connectivity index (χ1n) is 9.24. The van der Waals surface area contributed by atoms with Crippen LogP contribution in [0.25, 0.3) is 0 Å². The first kappa shape index (κ1) is 21.2. The quantitative estimate of drug-likeness (QED) is 0.726. The van der Waals surface area contributed by atoms with E-state index in [4.69, 9.17) is 0 Å². The smallest absolute Gasteiger partial charge is 0.254 e. The van der Waals surface area contributed by atoms with Crippen molar-refractivity contribution in [1.29, 1.82) is 0 Å². The van der Waals surface area contributed by atoms with Gasteiger partial charge in [-0.15, -0.1) is 0 Å². The number of nitrogens with one attached hydrogen (secondary N) is 1. The van der Waals surface area contributed by atoms with Crippen LogP contribution in [-0.4, -0.2) is 49.3 Å². The molecule has 1 saturated heterocycles. The Balaban J connectivity index is 1.68. The Morgan fingerprint density at radius 2 is 1.59 bits per heavy atom. The number of halogens is 2. The summed E-state index contributed by atoms with van der Waals surface area (Å²) >= 11 is 0. The van der Waals surface area contributed by atoms with E-state index in [9.17, 15) is 22.0 Å². The fourth-order valence-electron chi connectivity index (χ4n) is 3.86. The molecule has 0 aliphatic carbocycles. The number of thiol groups is 1.